The van der Waals surface area contributed by atoms with Gasteiger partial charge in [-0.3, -0.25) is 4.79 Å². The van der Waals surface area contributed by atoms with Crippen molar-refractivity contribution in [2.75, 3.05) is 13.7 Å². The first-order chi connectivity index (χ1) is 12.1. The van der Waals surface area contributed by atoms with Gasteiger partial charge in [-0.15, -0.1) is 0 Å². The molecule has 0 bridgehead atoms. The number of nitrogens with one attached hydrogen (secondary N) is 1. The van der Waals surface area contributed by atoms with Gasteiger partial charge in [-0.1, -0.05) is 31.2 Å². The van der Waals surface area contributed by atoms with Crippen LogP contribution < -0.4 is 14.8 Å². The lowest BCUT2D eigenvalue weighted by atomic mass is 10.0. The average molecular weight is 341 g/mol. The summed E-state index contributed by atoms with van der Waals surface area (Å²) in [7, 11) is 1.64. The van der Waals surface area contributed by atoms with Crippen LogP contribution in [0.3, 0.4) is 0 Å². The number of carbonyl (C=O) groups is 1. The van der Waals surface area contributed by atoms with Gasteiger partial charge in [0.15, 0.2) is 0 Å². The highest BCUT2D eigenvalue weighted by molar-refractivity contribution is 5.78. The van der Waals surface area contributed by atoms with Gasteiger partial charge in [0.05, 0.1) is 13.0 Å². The van der Waals surface area contributed by atoms with Crippen LogP contribution in [0.5, 0.6) is 11.5 Å². The standard InChI is InChI=1S/C21H27NO3/c1-5-16-10-11-19(15(3)12-16)25-14-18-17(13-21(23)22-4)8-7-9-20(18)24-6-2/h7-12H,5-6,13-14H2,1-4H3,(H,22,23). The van der Waals surface area contributed by atoms with Gasteiger partial charge in [0.2, 0.25) is 5.91 Å². The first-order valence-electron chi connectivity index (χ1n) is 8.75. The Balaban J connectivity index is 2.25. The fourth-order valence-corrected chi connectivity index (χ4v) is 2.74. The van der Waals surface area contributed by atoms with Crippen molar-refractivity contribution in [2.24, 2.45) is 0 Å². The molecule has 0 radical (unpaired) electrons. The SMILES string of the molecule is CCOc1cccc(CC(=O)NC)c1COc1ccc(CC)cc1C. The fraction of sp³-hybridized carbons (Fsp3) is 0.381. The maximum atomic E-state index is 11.8. The monoisotopic (exact) mass is 341 g/mol. The largest absolute Gasteiger partial charge is 0.493 e. The summed E-state index contributed by atoms with van der Waals surface area (Å²) in [6.07, 6.45) is 1.31. The van der Waals surface area contributed by atoms with Crippen LogP contribution in [0.25, 0.3) is 0 Å². The molecular formula is C21H27NO3. The maximum Gasteiger partial charge on any atom is 0.224 e. The van der Waals surface area contributed by atoms with Crippen molar-refractivity contribution in [3.63, 3.8) is 0 Å². The van der Waals surface area contributed by atoms with E-state index in [1.54, 1.807) is 7.05 Å². The van der Waals surface area contributed by atoms with E-state index >= 15 is 0 Å². The van der Waals surface area contributed by atoms with Crippen molar-refractivity contribution < 1.29 is 14.3 Å². The van der Waals surface area contributed by atoms with E-state index in [9.17, 15) is 4.79 Å². The van der Waals surface area contributed by atoms with Crippen LogP contribution in [0.1, 0.15) is 36.1 Å². The minimum absolute atomic E-state index is 0.0293. The van der Waals surface area contributed by atoms with Crippen LogP contribution >= 0.6 is 0 Å². The van der Waals surface area contributed by atoms with Crippen molar-refractivity contribution in [2.45, 2.75) is 40.2 Å². The normalized spacial score (nSPS) is 10.4. The molecule has 1 N–H and O–H groups in total. The average Bonchev–Trinajstić information content (AvgIpc) is 2.62. The summed E-state index contributed by atoms with van der Waals surface area (Å²) in [6.45, 7) is 7.08. The molecule has 4 nitrogen and oxygen atoms in total. The molecule has 0 spiro atoms. The predicted octanol–water partition coefficient (Wildman–Crippen LogP) is 3.82. The van der Waals surface area contributed by atoms with Crippen molar-refractivity contribution in [3.05, 3.63) is 58.7 Å². The van der Waals surface area contributed by atoms with E-state index in [-0.39, 0.29) is 5.91 Å². The molecule has 0 heterocycles. The Labute approximate surface area is 150 Å². The van der Waals surface area contributed by atoms with Crippen LogP contribution in [-0.2, 0) is 24.2 Å². The van der Waals surface area contributed by atoms with Crippen molar-refractivity contribution >= 4 is 5.91 Å². The molecule has 0 aliphatic heterocycles. The number of rotatable bonds is 8. The van der Waals surface area contributed by atoms with E-state index < -0.39 is 0 Å². The molecule has 0 aliphatic rings. The minimum Gasteiger partial charge on any atom is -0.493 e. The third kappa shape index (κ3) is 4.99. The molecule has 0 aliphatic carbocycles. The number of amides is 1. The summed E-state index contributed by atoms with van der Waals surface area (Å²) < 4.78 is 11.8. The lowest BCUT2D eigenvalue weighted by molar-refractivity contribution is -0.119. The van der Waals surface area contributed by atoms with Crippen LogP contribution in [0.4, 0.5) is 0 Å². The number of carbonyl (C=O) groups excluding carboxylic acids is 1. The molecule has 0 atom stereocenters. The Bertz CT molecular complexity index is 725. The van der Waals surface area contributed by atoms with Crippen LogP contribution in [0.2, 0.25) is 0 Å². The van der Waals surface area contributed by atoms with Crippen molar-refractivity contribution in [1.29, 1.82) is 0 Å². The number of hydrogen-bond acceptors (Lipinski definition) is 3. The Morgan fingerprint density at radius 1 is 1.08 bits per heavy atom. The molecule has 2 aromatic carbocycles. The highest BCUT2D eigenvalue weighted by atomic mass is 16.5. The number of aryl methyl sites for hydroxylation is 2. The highest BCUT2D eigenvalue weighted by Gasteiger charge is 2.13. The predicted molar refractivity (Wildman–Crippen MR) is 100 cm³/mol. The first-order valence-corrected chi connectivity index (χ1v) is 8.75. The topological polar surface area (TPSA) is 47.6 Å². The van der Waals surface area contributed by atoms with Crippen LogP contribution in [-0.4, -0.2) is 19.6 Å². The Hall–Kier alpha value is -2.49. The van der Waals surface area contributed by atoms with Crippen molar-refractivity contribution in [1.82, 2.24) is 5.32 Å². The van der Waals surface area contributed by atoms with E-state index in [0.717, 1.165) is 34.6 Å². The highest BCUT2D eigenvalue weighted by Crippen LogP contribution is 2.27. The zero-order valence-corrected chi connectivity index (χ0v) is 15.5. The molecule has 4 heteroatoms. The molecule has 134 valence electrons. The molecule has 2 aromatic rings. The molecule has 0 aromatic heterocycles. The quantitative estimate of drug-likeness (QED) is 0.794. The summed E-state index contributed by atoms with van der Waals surface area (Å²) in [5.74, 6) is 1.60. The molecule has 0 fully saturated rings. The molecule has 2 rings (SSSR count). The minimum atomic E-state index is -0.0293. The van der Waals surface area contributed by atoms with E-state index in [1.165, 1.54) is 5.56 Å². The Kier molecular flexibility index (Phi) is 6.87. The number of benzene rings is 2. The maximum absolute atomic E-state index is 11.8. The Morgan fingerprint density at radius 3 is 2.52 bits per heavy atom. The van der Waals surface area contributed by atoms with Crippen LogP contribution in [0, 0.1) is 6.92 Å². The molecular weight excluding hydrogens is 314 g/mol. The number of ether oxygens (including phenoxy) is 2. The Morgan fingerprint density at radius 2 is 1.88 bits per heavy atom. The second kappa shape index (κ2) is 9.11. The number of hydrogen-bond donors (Lipinski definition) is 1. The van der Waals surface area contributed by atoms with Gasteiger partial charge in [-0.25, -0.2) is 0 Å². The third-order valence-corrected chi connectivity index (χ3v) is 4.18. The second-order valence-electron chi connectivity index (χ2n) is 5.92. The summed E-state index contributed by atoms with van der Waals surface area (Å²) >= 11 is 0. The lowest BCUT2D eigenvalue weighted by Gasteiger charge is -2.17. The van der Waals surface area contributed by atoms with E-state index in [4.69, 9.17) is 9.47 Å². The first kappa shape index (κ1) is 18.8. The van der Waals surface area contributed by atoms with Gasteiger partial charge < -0.3 is 14.8 Å². The molecule has 1 amide bonds. The number of likely N-dealkylation sites (N-methyl/N-ethyl adjacent to an activating group) is 1. The summed E-state index contributed by atoms with van der Waals surface area (Å²) in [6, 6.07) is 12.0. The van der Waals surface area contributed by atoms with E-state index in [2.05, 4.69) is 24.4 Å². The van der Waals surface area contributed by atoms with Gasteiger partial charge in [0, 0.05) is 12.6 Å². The van der Waals surface area contributed by atoms with Gasteiger partial charge in [-0.2, -0.15) is 0 Å². The summed E-state index contributed by atoms with van der Waals surface area (Å²) in [5.41, 5.74) is 4.25. The van der Waals surface area contributed by atoms with E-state index in [0.29, 0.717) is 19.6 Å². The molecule has 0 saturated carbocycles. The fourth-order valence-electron chi connectivity index (χ4n) is 2.74. The van der Waals surface area contributed by atoms with Crippen molar-refractivity contribution in [3.8, 4) is 11.5 Å². The molecule has 0 saturated heterocycles. The smallest absolute Gasteiger partial charge is 0.224 e. The van der Waals surface area contributed by atoms with Crippen LogP contribution in [0.15, 0.2) is 36.4 Å². The zero-order chi connectivity index (χ0) is 18.2. The van der Waals surface area contributed by atoms with Gasteiger partial charge in [0.25, 0.3) is 0 Å². The summed E-state index contributed by atoms with van der Waals surface area (Å²) in [5, 5.41) is 2.67. The van der Waals surface area contributed by atoms with Gasteiger partial charge in [0.1, 0.15) is 18.1 Å². The third-order valence-electron chi connectivity index (χ3n) is 4.18. The summed E-state index contributed by atoms with van der Waals surface area (Å²) in [4.78, 5) is 11.8. The van der Waals surface area contributed by atoms with E-state index in [1.807, 2.05) is 38.1 Å². The molecule has 25 heavy (non-hydrogen) atoms. The molecule has 0 unspecified atom stereocenters. The van der Waals surface area contributed by atoms with Gasteiger partial charge >= 0.3 is 0 Å². The zero-order valence-electron chi connectivity index (χ0n) is 15.5. The van der Waals surface area contributed by atoms with Gasteiger partial charge in [-0.05, 0) is 49.1 Å². The lowest BCUT2D eigenvalue weighted by Crippen LogP contribution is -2.21. The second-order valence-corrected chi connectivity index (χ2v) is 5.92.